The first kappa shape index (κ1) is 64.1. The summed E-state index contributed by atoms with van der Waals surface area (Å²) in [6.45, 7) is 3.98. The molecule has 6 unspecified atom stereocenters. The number of hydrogen-bond donors (Lipinski definition) is 4. The Morgan fingerprint density at radius 3 is 1.43 bits per heavy atom. The Kier molecular flexibility index (Phi) is 43.5. The molecule has 0 bridgehead atoms. The first-order valence-corrected chi connectivity index (χ1v) is 28.8. The van der Waals surface area contributed by atoms with Crippen LogP contribution >= 0.6 is 0 Å². The van der Waals surface area contributed by atoms with Gasteiger partial charge in [-0.2, -0.15) is 8.42 Å². The molecule has 1 heterocycles. The van der Waals surface area contributed by atoms with E-state index in [1.165, 1.54) is 141 Å². The molecular formula is C55H100O12S. The Labute approximate surface area is 415 Å². The Hall–Kier alpha value is -1.94. The smallest absolute Gasteiger partial charge is 0.397 e. The molecule has 0 aliphatic carbocycles. The Morgan fingerprint density at radius 1 is 0.559 bits per heavy atom. The topological polar surface area (TPSA) is 178 Å². The second-order valence-corrected chi connectivity index (χ2v) is 19.9. The highest BCUT2D eigenvalue weighted by atomic mass is 32.3. The number of aliphatic hydroxyl groups is 3. The van der Waals surface area contributed by atoms with Crippen LogP contribution in [0.15, 0.2) is 48.6 Å². The van der Waals surface area contributed by atoms with Crippen LogP contribution < -0.4 is 0 Å². The van der Waals surface area contributed by atoms with E-state index in [2.05, 4.69) is 66.6 Å². The zero-order valence-corrected chi connectivity index (χ0v) is 43.7. The number of carbonyl (C=O) groups excluding carboxylic acids is 1. The van der Waals surface area contributed by atoms with Crippen molar-refractivity contribution >= 4 is 16.4 Å². The van der Waals surface area contributed by atoms with E-state index in [0.717, 1.165) is 64.2 Å². The summed E-state index contributed by atoms with van der Waals surface area (Å²) < 4.78 is 59.3. The third kappa shape index (κ3) is 38.8. The van der Waals surface area contributed by atoms with Crippen molar-refractivity contribution in [1.82, 2.24) is 0 Å². The van der Waals surface area contributed by atoms with Gasteiger partial charge in [0.2, 0.25) is 0 Å². The maximum atomic E-state index is 12.9. The van der Waals surface area contributed by atoms with Gasteiger partial charge >= 0.3 is 16.4 Å². The monoisotopic (exact) mass is 985 g/mol. The predicted molar refractivity (Wildman–Crippen MR) is 276 cm³/mol. The summed E-state index contributed by atoms with van der Waals surface area (Å²) in [6.07, 6.45) is 48.5. The van der Waals surface area contributed by atoms with Crippen LogP contribution in [0, 0.1) is 0 Å². The number of ether oxygens (including phenoxy) is 4. The Balaban J connectivity index is 2.32. The van der Waals surface area contributed by atoms with Crippen molar-refractivity contribution < 1.29 is 56.2 Å². The summed E-state index contributed by atoms with van der Waals surface area (Å²) in [5, 5.41) is 30.8. The molecule has 1 rings (SSSR count). The molecule has 13 heteroatoms. The van der Waals surface area contributed by atoms with E-state index in [-0.39, 0.29) is 19.6 Å². The molecule has 0 aromatic carbocycles. The van der Waals surface area contributed by atoms with Gasteiger partial charge in [-0.25, -0.2) is 4.18 Å². The predicted octanol–water partition coefficient (Wildman–Crippen LogP) is 13.1. The first-order valence-electron chi connectivity index (χ1n) is 27.4. The van der Waals surface area contributed by atoms with Crippen molar-refractivity contribution in [2.45, 2.75) is 269 Å². The largest absolute Gasteiger partial charge is 0.457 e. The SMILES string of the molecule is CCCCCCC/C=C\C/C=C\C/C=C\CCCCCCCCCCCCC(=O)OC(COCCCCCCCC/C=C\CCCCCCCC)COC1OC(CO)C(O)C(OS(=O)(=O)O)C1O. The second-order valence-electron chi connectivity index (χ2n) is 18.8. The minimum Gasteiger partial charge on any atom is -0.457 e. The van der Waals surface area contributed by atoms with Gasteiger partial charge in [-0.3, -0.25) is 9.35 Å². The molecule has 12 nitrogen and oxygen atoms in total. The van der Waals surface area contributed by atoms with Gasteiger partial charge in [-0.15, -0.1) is 0 Å². The molecule has 0 aromatic rings. The third-order valence-electron chi connectivity index (χ3n) is 12.4. The molecule has 0 saturated carbocycles. The summed E-state index contributed by atoms with van der Waals surface area (Å²) in [7, 11) is -5.07. The zero-order valence-electron chi connectivity index (χ0n) is 42.9. The number of rotatable bonds is 48. The number of esters is 1. The summed E-state index contributed by atoms with van der Waals surface area (Å²) in [6, 6.07) is 0. The first-order chi connectivity index (χ1) is 33.1. The number of unbranched alkanes of at least 4 members (excludes halogenated alkanes) is 27. The fraction of sp³-hybridized carbons (Fsp3) is 0.836. The molecule has 6 atom stereocenters. The normalized spacial score (nSPS) is 19.6. The minimum atomic E-state index is -5.07. The molecule has 0 aromatic heterocycles. The van der Waals surface area contributed by atoms with Gasteiger partial charge < -0.3 is 34.3 Å². The lowest BCUT2D eigenvalue weighted by atomic mass is 9.99. The van der Waals surface area contributed by atoms with E-state index in [0.29, 0.717) is 13.0 Å². The highest BCUT2D eigenvalue weighted by Crippen LogP contribution is 2.26. The molecule has 398 valence electrons. The van der Waals surface area contributed by atoms with Crippen molar-refractivity contribution in [2.24, 2.45) is 0 Å². The van der Waals surface area contributed by atoms with E-state index >= 15 is 0 Å². The molecular weight excluding hydrogens is 885 g/mol. The standard InChI is InChI=1S/C55H100O12S/c1-3-5-7-9-11-13-15-17-19-21-22-23-24-25-26-27-28-29-30-32-34-36-38-40-42-44-51(57)65-49(48-64-55-53(59)54(67-68(60,61)62)52(58)50(46-56)66-55)47-63-45-43-41-39-37-35-33-31-20-18-16-14-12-10-8-6-4-2/h15,17-18,20-22,24-25,49-50,52-56,58-59H,3-14,16,19,23,26-48H2,1-2H3,(H,60,61,62)/b17-15-,20-18-,22-21-,25-24-. The number of hydrogen-bond acceptors (Lipinski definition) is 11. The van der Waals surface area contributed by atoms with E-state index in [4.69, 9.17) is 18.9 Å². The second kappa shape index (κ2) is 46.2. The highest BCUT2D eigenvalue weighted by molar-refractivity contribution is 7.80. The van der Waals surface area contributed by atoms with Crippen LogP contribution in [0.4, 0.5) is 0 Å². The molecule has 1 aliphatic rings. The van der Waals surface area contributed by atoms with E-state index in [9.17, 15) is 33.1 Å². The quantitative estimate of drug-likeness (QED) is 0.0197. The lowest BCUT2D eigenvalue weighted by molar-refractivity contribution is -0.301. The van der Waals surface area contributed by atoms with Crippen LogP contribution in [0.2, 0.25) is 0 Å². The zero-order chi connectivity index (χ0) is 49.6. The van der Waals surface area contributed by atoms with E-state index < -0.39 is 59.8 Å². The van der Waals surface area contributed by atoms with Gasteiger partial charge in [0, 0.05) is 13.0 Å². The van der Waals surface area contributed by atoms with E-state index in [1.54, 1.807) is 0 Å². The Morgan fingerprint density at radius 2 is 0.971 bits per heavy atom. The molecule has 4 N–H and O–H groups in total. The maximum absolute atomic E-state index is 12.9. The van der Waals surface area contributed by atoms with Crippen molar-refractivity contribution in [3.63, 3.8) is 0 Å². The van der Waals surface area contributed by atoms with Crippen molar-refractivity contribution in [3.05, 3.63) is 48.6 Å². The van der Waals surface area contributed by atoms with Crippen LogP contribution in [0.25, 0.3) is 0 Å². The van der Waals surface area contributed by atoms with Crippen LogP contribution in [-0.2, 0) is 38.3 Å². The van der Waals surface area contributed by atoms with Crippen LogP contribution in [-0.4, -0.2) is 97.5 Å². The summed E-state index contributed by atoms with van der Waals surface area (Å²) in [5.74, 6) is -0.404. The Bertz CT molecular complexity index is 1370. The summed E-state index contributed by atoms with van der Waals surface area (Å²) in [4.78, 5) is 12.9. The van der Waals surface area contributed by atoms with Gasteiger partial charge in [0.1, 0.15) is 30.5 Å². The van der Waals surface area contributed by atoms with Gasteiger partial charge in [0.15, 0.2) is 6.29 Å². The molecule has 1 fully saturated rings. The average molecular weight is 985 g/mol. The van der Waals surface area contributed by atoms with Crippen molar-refractivity contribution in [1.29, 1.82) is 0 Å². The molecule has 1 saturated heterocycles. The minimum absolute atomic E-state index is 0.0303. The lowest BCUT2D eigenvalue weighted by Crippen LogP contribution is -2.60. The molecule has 0 spiro atoms. The van der Waals surface area contributed by atoms with Crippen LogP contribution in [0.1, 0.15) is 232 Å². The number of aliphatic hydroxyl groups excluding tert-OH is 3. The van der Waals surface area contributed by atoms with Crippen LogP contribution in [0.3, 0.4) is 0 Å². The molecule has 0 radical (unpaired) electrons. The lowest BCUT2D eigenvalue weighted by Gasteiger charge is -2.41. The average Bonchev–Trinajstić information content (AvgIpc) is 3.31. The number of carbonyl (C=O) groups is 1. The van der Waals surface area contributed by atoms with Gasteiger partial charge in [0.25, 0.3) is 0 Å². The molecule has 0 amide bonds. The van der Waals surface area contributed by atoms with Gasteiger partial charge in [0.05, 0.1) is 19.8 Å². The fourth-order valence-electron chi connectivity index (χ4n) is 8.26. The fourth-order valence-corrected chi connectivity index (χ4v) is 8.77. The van der Waals surface area contributed by atoms with E-state index in [1.807, 2.05) is 0 Å². The molecule has 68 heavy (non-hydrogen) atoms. The highest BCUT2D eigenvalue weighted by Gasteiger charge is 2.48. The summed E-state index contributed by atoms with van der Waals surface area (Å²) in [5.41, 5.74) is 0. The van der Waals surface area contributed by atoms with Gasteiger partial charge in [-0.05, 0) is 77.0 Å². The van der Waals surface area contributed by atoms with Crippen molar-refractivity contribution in [2.75, 3.05) is 26.4 Å². The maximum Gasteiger partial charge on any atom is 0.397 e. The third-order valence-corrected chi connectivity index (χ3v) is 12.9. The van der Waals surface area contributed by atoms with Crippen molar-refractivity contribution in [3.8, 4) is 0 Å². The van der Waals surface area contributed by atoms with Gasteiger partial charge in [-0.1, -0.05) is 197 Å². The summed E-state index contributed by atoms with van der Waals surface area (Å²) >= 11 is 0. The number of allylic oxidation sites excluding steroid dienone is 8. The van der Waals surface area contributed by atoms with Crippen LogP contribution in [0.5, 0.6) is 0 Å². The molecule has 1 aliphatic heterocycles.